The number of methoxy groups -OCH3 is 3. The van der Waals surface area contributed by atoms with Crippen molar-refractivity contribution in [1.82, 2.24) is 4.90 Å². The Morgan fingerprint density at radius 2 is 1.59 bits per heavy atom. The molecule has 29 heavy (non-hydrogen) atoms. The Balaban J connectivity index is 1.65. The van der Waals surface area contributed by atoms with Gasteiger partial charge < -0.3 is 24.2 Å². The molecular formula is C21H26Cl2N2O4. The van der Waals surface area contributed by atoms with Gasteiger partial charge in [0.1, 0.15) is 0 Å². The van der Waals surface area contributed by atoms with E-state index in [1.807, 2.05) is 12.1 Å². The van der Waals surface area contributed by atoms with Crippen LogP contribution < -0.4 is 19.1 Å². The average Bonchev–Trinajstić information content (AvgIpc) is 2.75. The number of anilines is 1. The summed E-state index contributed by atoms with van der Waals surface area (Å²) in [6.45, 7) is 3.74. The molecule has 1 atom stereocenters. The first-order valence-electron chi connectivity index (χ1n) is 9.37. The molecule has 1 heterocycles. The molecule has 2 aromatic rings. The van der Waals surface area contributed by atoms with E-state index in [4.69, 9.17) is 37.4 Å². The molecule has 0 spiro atoms. The minimum absolute atomic E-state index is 0.510. The molecule has 1 saturated heterocycles. The molecule has 0 radical (unpaired) electrons. The standard InChI is InChI=1S/C21H26Cl2N2O4/c1-27-18-11-14(12-19(28-2)21(18)29-3)17(26)13-24-7-9-25(10-8-24)16-6-4-5-15(22)20(16)23/h4-6,11-12,17,26H,7-10,13H2,1-3H3. The molecular weight excluding hydrogens is 415 g/mol. The van der Waals surface area contributed by atoms with Crippen LogP contribution in [0.3, 0.4) is 0 Å². The van der Waals surface area contributed by atoms with Gasteiger partial charge in [0.25, 0.3) is 0 Å². The summed E-state index contributed by atoms with van der Waals surface area (Å²) in [6.07, 6.45) is -0.676. The maximum atomic E-state index is 10.8. The zero-order chi connectivity index (χ0) is 21.0. The molecule has 3 rings (SSSR count). The van der Waals surface area contributed by atoms with Crippen LogP contribution in [-0.2, 0) is 0 Å². The SMILES string of the molecule is COc1cc(C(O)CN2CCN(c3cccc(Cl)c3Cl)CC2)cc(OC)c1OC. The smallest absolute Gasteiger partial charge is 0.203 e. The molecule has 1 aliphatic rings. The van der Waals surface area contributed by atoms with Gasteiger partial charge in [0, 0.05) is 32.7 Å². The van der Waals surface area contributed by atoms with Crippen molar-refractivity contribution in [3.05, 3.63) is 45.9 Å². The van der Waals surface area contributed by atoms with Gasteiger partial charge >= 0.3 is 0 Å². The molecule has 0 aliphatic carbocycles. The van der Waals surface area contributed by atoms with E-state index in [0.717, 1.165) is 37.4 Å². The first-order valence-corrected chi connectivity index (χ1v) is 10.1. The third kappa shape index (κ3) is 4.83. The number of halogens is 2. The molecule has 1 unspecified atom stereocenters. The van der Waals surface area contributed by atoms with Gasteiger partial charge in [-0.2, -0.15) is 0 Å². The summed E-state index contributed by atoms with van der Waals surface area (Å²) in [6, 6.07) is 9.25. The van der Waals surface area contributed by atoms with Gasteiger partial charge in [-0.05, 0) is 29.8 Å². The van der Waals surface area contributed by atoms with E-state index in [0.29, 0.717) is 33.8 Å². The summed E-state index contributed by atoms with van der Waals surface area (Å²) < 4.78 is 16.1. The minimum atomic E-state index is -0.676. The van der Waals surface area contributed by atoms with Crippen LogP contribution in [0.2, 0.25) is 10.0 Å². The van der Waals surface area contributed by atoms with E-state index in [-0.39, 0.29) is 0 Å². The second-order valence-electron chi connectivity index (χ2n) is 6.84. The third-order valence-electron chi connectivity index (χ3n) is 5.15. The lowest BCUT2D eigenvalue weighted by Crippen LogP contribution is -2.47. The van der Waals surface area contributed by atoms with Crippen molar-refractivity contribution in [2.24, 2.45) is 0 Å². The molecule has 0 aromatic heterocycles. The maximum Gasteiger partial charge on any atom is 0.203 e. The average molecular weight is 441 g/mol. The van der Waals surface area contributed by atoms with Crippen LogP contribution in [0.25, 0.3) is 0 Å². The lowest BCUT2D eigenvalue weighted by molar-refractivity contribution is 0.109. The molecule has 6 nitrogen and oxygen atoms in total. The molecule has 1 N–H and O–H groups in total. The Kier molecular flexibility index (Phi) is 7.35. The zero-order valence-corrected chi connectivity index (χ0v) is 18.3. The van der Waals surface area contributed by atoms with Gasteiger partial charge in [-0.25, -0.2) is 0 Å². The zero-order valence-electron chi connectivity index (χ0n) is 16.8. The summed E-state index contributed by atoms with van der Waals surface area (Å²) in [5, 5.41) is 11.9. The molecule has 1 fully saturated rings. The summed E-state index contributed by atoms with van der Waals surface area (Å²) in [7, 11) is 4.68. The highest BCUT2D eigenvalue weighted by Crippen LogP contribution is 2.40. The normalized spacial score (nSPS) is 15.9. The van der Waals surface area contributed by atoms with Crippen molar-refractivity contribution >= 4 is 28.9 Å². The number of ether oxygens (including phenoxy) is 3. The second-order valence-corrected chi connectivity index (χ2v) is 7.62. The van der Waals surface area contributed by atoms with Crippen LogP contribution in [0, 0.1) is 0 Å². The van der Waals surface area contributed by atoms with Crippen molar-refractivity contribution < 1.29 is 19.3 Å². The summed E-state index contributed by atoms with van der Waals surface area (Å²) in [4.78, 5) is 4.44. The van der Waals surface area contributed by atoms with Crippen LogP contribution >= 0.6 is 23.2 Å². The predicted octanol–water partition coefficient (Wildman–Crippen LogP) is 3.87. The number of hydrogen-bond donors (Lipinski definition) is 1. The molecule has 0 amide bonds. The highest BCUT2D eigenvalue weighted by molar-refractivity contribution is 6.43. The highest BCUT2D eigenvalue weighted by atomic mass is 35.5. The summed E-state index contributed by atoms with van der Waals surface area (Å²) in [5.41, 5.74) is 1.67. The van der Waals surface area contributed by atoms with Gasteiger partial charge in [0.2, 0.25) is 5.75 Å². The van der Waals surface area contributed by atoms with Crippen LogP contribution in [0.15, 0.2) is 30.3 Å². The van der Waals surface area contributed by atoms with Gasteiger partial charge in [-0.3, -0.25) is 4.90 Å². The monoisotopic (exact) mass is 440 g/mol. The van der Waals surface area contributed by atoms with Gasteiger partial charge in [-0.15, -0.1) is 0 Å². The fourth-order valence-corrected chi connectivity index (χ4v) is 3.97. The number of nitrogens with zero attached hydrogens (tertiary/aromatic N) is 2. The number of hydrogen-bond acceptors (Lipinski definition) is 6. The molecule has 0 bridgehead atoms. The van der Waals surface area contributed by atoms with Crippen molar-refractivity contribution in [2.75, 3.05) is 59.0 Å². The fourth-order valence-electron chi connectivity index (χ4n) is 3.55. The van der Waals surface area contributed by atoms with Crippen LogP contribution in [-0.4, -0.2) is 64.1 Å². The first-order chi connectivity index (χ1) is 14.0. The number of piperazine rings is 1. The number of aliphatic hydroxyl groups is 1. The predicted molar refractivity (Wildman–Crippen MR) is 116 cm³/mol. The minimum Gasteiger partial charge on any atom is -0.493 e. The van der Waals surface area contributed by atoms with Crippen LogP contribution in [0.5, 0.6) is 17.2 Å². The third-order valence-corrected chi connectivity index (χ3v) is 5.96. The van der Waals surface area contributed by atoms with Crippen LogP contribution in [0.1, 0.15) is 11.7 Å². The summed E-state index contributed by atoms with van der Waals surface area (Å²) in [5.74, 6) is 1.57. The van der Waals surface area contributed by atoms with E-state index in [1.165, 1.54) is 0 Å². The number of aliphatic hydroxyl groups excluding tert-OH is 1. The van der Waals surface area contributed by atoms with E-state index in [2.05, 4.69) is 9.80 Å². The highest BCUT2D eigenvalue weighted by Gasteiger charge is 2.23. The van der Waals surface area contributed by atoms with E-state index in [9.17, 15) is 5.11 Å². The van der Waals surface area contributed by atoms with Gasteiger partial charge in [0.05, 0.1) is 43.2 Å². The van der Waals surface area contributed by atoms with Crippen LogP contribution in [0.4, 0.5) is 5.69 Å². The van der Waals surface area contributed by atoms with Crippen molar-refractivity contribution in [2.45, 2.75) is 6.10 Å². The second kappa shape index (κ2) is 9.76. The lowest BCUT2D eigenvalue weighted by Gasteiger charge is -2.37. The Bertz CT molecular complexity index is 816. The van der Waals surface area contributed by atoms with E-state index < -0.39 is 6.10 Å². The number of β-amino-alcohol motifs (C(OH)–C–C–N with tert-alkyl or cyclic N) is 1. The Morgan fingerprint density at radius 3 is 2.14 bits per heavy atom. The Labute approximate surface area is 181 Å². The fraction of sp³-hybridized carbons (Fsp3) is 0.429. The van der Waals surface area contributed by atoms with Crippen molar-refractivity contribution in [3.63, 3.8) is 0 Å². The van der Waals surface area contributed by atoms with Crippen molar-refractivity contribution in [3.8, 4) is 17.2 Å². The summed E-state index contributed by atoms with van der Waals surface area (Å²) >= 11 is 12.5. The topological polar surface area (TPSA) is 54.4 Å². The molecule has 0 saturated carbocycles. The molecule has 1 aliphatic heterocycles. The lowest BCUT2D eigenvalue weighted by atomic mass is 10.1. The molecule has 2 aromatic carbocycles. The first kappa shape index (κ1) is 21.8. The maximum absolute atomic E-state index is 10.8. The largest absolute Gasteiger partial charge is 0.493 e. The Hall–Kier alpha value is -1.86. The number of benzene rings is 2. The van der Waals surface area contributed by atoms with Crippen molar-refractivity contribution in [1.29, 1.82) is 0 Å². The number of rotatable bonds is 7. The van der Waals surface area contributed by atoms with Gasteiger partial charge in [-0.1, -0.05) is 29.3 Å². The quantitative estimate of drug-likeness (QED) is 0.704. The van der Waals surface area contributed by atoms with Gasteiger partial charge in [0.15, 0.2) is 11.5 Å². The van der Waals surface area contributed by atoms with E-state index >= 15 is 0 Å². The van der Waals surface area contributed by atoms with E-state index in [1.54, 1.807) is 39.5 Å². The molecule has 8 heteroatoms. The Morgan fingerprint density at radius 1 is 0.966 bits per heavy atom. The molecule has 158 valence electrons.